The second-order valence-electron chi connectivity index (χ2n) is 3.01. The Morgan fingerprint density at radius 2 is 2.21 bits per heavy atom. The van der Waals surface area contributed by atoms with Gasteiger partial charge in [0.25, 0.3) is 0 Å². The molecule has 0 fully saturated rings. The van der Waals surface area contributed by atoms with Gasteiger partial charge in [-0.15, -0.1) is 0 Å². The molecule has 0 aliphatic rings. The van der Waals surface area contributed by atoms with Crippen molar-refractivity contribution in [1.29, 1.82) is 0 Å². The van der Waals surface area contributed by atoms with Crippen LogP contribution >= 0.6 is 0 Å². The van der Waals surface area contributed by atoms with E-state index in [9.17, 15) is 13.2 Å². The number of nitrogens with one attached hydrogen (secondary N) is 1. The van der Waals surface area contributed by atoms with Crippen LogP contribution in [0, 0.1) is 0 Å². The highest BCUT2D eigenvalue weighted by molar-refractivity contribution is 4.97. The van der Waals surface area contributed by atoms with Crippen LogP contribution in [0.2, 0.25) is 0 Å². The summed E-state index contributed by atoms with van der Waals surface area (Å²) in [5.41, 5.74) is 0.670. The first-order valence-electron chi connectivity index (χ1n) is 4.23. The minimum absolute atomic E-state index is 0.640. The van der Waals surface area contributed by atoms with Gasteiger partial charge in [-0.1, -0.05) is 0 Å². The minimum Gasteiger partial charge on any atom is -0.328 e. The van der Waals surface area contributed by atoms with Crippen LogP contribution in [0.4, 0.5) is 13.2 Å². The van der Waals surface area contributed by atoms with Gasteiger partial charge >= 0.3 is 6.18 Å². The maximum absolute atomic E-state index is 11.9. The van der Waals surface area contributed by atoms with E-state index in [4.69, 9.17) is 0 Å². The molecule has 80 valence electrons. The summed E-state index contributed by atoms with van der Waals surface area (Å²) in [6.07, 6.45) is -0.911. The third-order valence-corrected chi connectivity index (χ3v) is 1.68. The monoisotopic (exact) mass is 207 g/mol. The number of aromatic nitrogens is 2. The van der Waals surface area contributed by atoms with Crippen LogP contribution in [-0.2, 0) is 13.0 Å². The smallest absolute Gasteiger partial charge is 0.328 e. The molecule has 0 amide bonds. The Bertz CT molecular complexity index is 280. The Kier molecular flexibility index (Phi) is 3.51. The van der Waals surface area contributed by atoms with Gasteiger partial charge in [0, 0.05) is 19.2 Å². The first-order valence-corrected chi connectivity index (χ1v) is 4.23. The molecule has 1 aromatic rings. The van der Waals surface area contributed by atoms with Gasteiger partial charge in [0.15, 0.2) is 0 Å². The van der Waals surface area contributed by atoms with E-state index >= 15 is 0 Å². The number of alkyl halides is 3. The molecule has 1 rings (SSSR count). The molecule has 1 N–H and O–H groups in total. The summed E-state index contributed by atoms with van der Waals surface area (Å²) in [6, 6.07) is 0. The fourth-order valence-corrected chi connectivity index (χ4v) is 1.08. The first kappa shape index (κ1) is 11.0. The van der Waals surface area contributed by atoms with E-state index in [-0.39, 0.29) is 0 Å². The summed E-state index contributed by atoms with van der Waals surface area (Å²) in [5.74, 6) is 0. The largest absolute Gasteiger partial charge is 0.406 e. The lowest BCUT2D eigenvalue weighted by Gasteiger charge is -2.05. The second-order valence-corrected chi connectivity index (χ2v) is 3.01. The lowest BCUT2D eigenvalue weighted by molar-refractivity contribution is -0.140. The molecule has 0 saturated carbocycles. The molecule has 14 heavy (non-hydrogen) atoms. The minimum atomic E-state index is -4.18. The average molecular weight is 207 g/mol. The predicted octanol–water partition coefficient (Wildman–Crippen LogP) is 1.21. The standard InChI is InChI=1S/C8H12F3N3/c1-12-3-2-7-4-14(6-13-7)5-8(9,10)11/h4,6,12H,2-3,5H2,1H3. The van der Waals surface area contributed by atoms with E-state index < -0.39 is 12.7 Å². The third-order valence-electron chi connectivity index (χ3n) is 1.68. The molecule has 0 saturated heterocycles. The molecular formula is C8H12F3N3. The van der Waals surface area contributed by atoms with Gasteiger partial charge < -0.3 is 9.88 Å². The van der Waals surface area contributed by atoms with E-state index in [1.165, 1.54) is 12.5 Å². The molecule has 0 bridgehead atoms. The first-order chi connectivity index (χ1) is 6.51. The lowest BCUT2D eigenvalue weighted by atomic mass is 10.3. The topological polar surface area (TPSA) is 29.9 Å². The summed E-state index contributed by atoms with van der Waals surface area (Å²) >= 11 is 0. The Morgan fingerprint density at radius 3 is 2.79 bits per heavy atom. The molecule has 6 heteroatoms. The fraction of sp³-hybridized carbons (Fsp3) is 0.625. The molecule has 0 spiro atoms. The SMILES string of the molecule is CNCCc1cn(CC(F)(F)F)cn1. The Balaban J connectivity index is 2.51. The van der Waals surface area contributed by atoms with Gasteiger partial charge in [-0.2, -0.15) is 13.2 Å². The zero-order valence-electron chi connectivity index (χ0n) is 7.80. The van der Waals surface area contributed by atoms with Crippen LogP contribution in [0.1, 0.15) is 5.69 Å². The van der Waals surface area contributed by atoms with Gasteiger partial charge in [-0.3, -0.25) is 0 Å². The van der Waals surface area contributed by atoms with Crippen molar-refractivity contribution in [3.8, 4) is 0 Å². The highest BCUT2D eigenvalue weighted by Crippen LogP contribution is 2.17. The molecule has 0 aliphatic heterocycles. The highest BCUT2D eigenvalue weighted by atomic mass is 19.4. The Morgan fingerprint density at radius 1 is 1.50 bits per heavy atom. The Labute approximate surface area is 79.9 Å². The van der Waals surface area contributed by atoms with Gasteiger partial charge in [0.1, 0.15) is 6.54 Å². The highest BCUT2D eigenvalue weighted by Gasteiger charge is 2.27. The molecule has 0 aliphatic carbocycles. The number of likely N-dealkylation sites (N-methyl/N-ethyl adjacent to an activating group) is 1. The van der Waals surface area contributed by atoms with Crippen molar-refractivity contribution in [2.24, 2.45) is 0 Å². The molecule has 0 unspecified atom stereocenters. The summed E-state index contributed by atoms with van der Waals surface area (Å²) in [4.78, 5) is 3.86. The molecule has 0 atom stereocenters. The quantitative estimate of drug-likeness (QED) is 0.804. The third kappa shape index (κ3) is 3.78. The van der Waals surface area contributed by atoms with Crippen molar-refractivity contribution in [2.45, 2.75) is 19.1 Å². The van der Waals surface area contributed by atoms with Gasteiger partial charge in [0.05, 0.1) is 12.0 Å². The summed E-state index contributed by atoms with van der Waals surface area (Å²) < 4.78 is 36.9. The zero-order chi connectivity index (χ0) is 10.6. The van der Waals surface area contributed by atoms with Crippen molar-refractivity contribution in [3.05, 3.63) is 18.2 Å². The maximum Gasteiger partial charge on any atom is 0.406 e. The molecule has 1 heterocycles. The van der Waals surface area contributed by atoms with Crippen LogP contribution in [-0.4, -0.2) is 29.3 Å². The van der Waals surface area contributed by atoms with Crippen molar-refractivity contribution in [3.63, 3.8) is 0 Å². The van der Waals surface area contributed by atoms with Gasteiger partial charge in [0.2, 0.25) is 0 Å². The van der Waals surface area contributed by atoms with E-state index in [0.717, 1.165) is 4.57 Å². The average Bonchev–Trinajstić information content (AvgIpc) is 2.46. The van der Waals surface area contributed by atoms with Crippen molar-refractivity contribution in [2.75, 3.05) is 13.6 Å². The van der Waals surface area contributed by atoms with Crippen LogP contribution in [0.15, 0.2) is 12.5 Å². The summed E-state index contributed by atoms with van der Waals surface area (Å²) in [7, 11) is 1.78. The van der Waals surface area contributed by atoms with Crippen LogP contribution < -0.4 is 5.32 Å². The van der Waals surface area contributed by atoms with Crippen molar-refractivity contribution >= 4 is 0 Å². The Hall–Kier alpha value is -1.04. The summed E-state index contributed by atoms with van der Waals surface area (Å²) in [5, 5.41) is 2.90. The number of hydrogen-bond donors (Lipinski definition) is 1. The number of hydrogen-bond acceptors (Lipinski definition) is 2. The molecule has 0 radical (unpaired) electrons. The predicted molar refractivity (Wildman–Crippen MR) is 45.9 cm³/mol. The molecular weight excluding hydrogens is 195 g/mol. The second kappa shape index (κ2) is 4.45. The molecule has 3 nitrogen and oxygen atoms in total. The summed E-state index contributed by atoms with van der Waals surface area (Å²) in [6.45, 7) is -0.261. The van der Waals surface area contributed by atoms with E-state index in [1.54, 1.807) is 7.05 Å². The lowest BCUT2D eigenvalue weighted by Crippen LogP contribution is -2.16. The number of halogens is 3. The van der Waals surface area contributed by atoms with Crippen LogP contribution in [0.25, 0.3) is 0 Å². The number of nitrogens with zero attached hydrogens (tertiary/aromatic N) is 2. The zero-order valence-corrected chi connectivity index (χ0v) is 7.80. The maximum atomic E-state index is 11.9. The normalized spacial score (nSPS) is 12.0. The van der Waals surface area contributed by atoms with Crippen LogP contribution in [0.5, 0.6) is 0 Å². The van der Waals surface area contributed by atoms with Crippen molar-refractivity contribution in [1.82, 2.24) is 14.9 Å². The van der Waals surface area contributed by atoms with Gasteiger partial charge in [-0.05, 0) is 7.05 Å². The molecule has 0 aromatic carbocycles. The van der Waals surface area contributed by atoms with E-state index in [2.05, 4.69) is 10.3 Å². The fourth-order valence-electron chi connectivity index (χ4n) is 1.08. The van der Waals surface area contributed by atoms with E-state index in [0.29, 0.717) is 18.7 Å². The molecule has 1 aromatic heterocycles. The number of imidazole rings is 1. The van der Waals surface area contributed by atoms with Crippen molar-refractivity contribution < 1.29 is 13.2 Å². The van der Waals surface area contributed by atoms with Crippen LogP contribution in [0.3, 0.4) is 0 Å². The van der Waals surface area contributed by atoms with Gasteiger partial charge in [-0.25, -0.2) is 4.98 Å². The van der Waals surface area contributed by atoms with E-state index in [1.807, 2.05) is 0 Å². The number of rotatable bonds is 4.